The lowest BCUT2D eigenvalue weighted by Crippen LogP contribution is -2.23. The first-order chi connectivity index (χ1) is 8.74. The van der Waals surface area contributed by atoms with Gasteiger partial charge in [0.2, 0.25) is 0 Å². The van der Waals surface area contributed by atoms with E-state index in [9.17, 15) is 0 Å². The molecule has 92 valence electrons. The van der Waals surface area contributed by atoms with E-state index in [0.29, 0.717) is 5.92 Å². The van der Waals surface area contributed by atoms with Gasteiger partial charge in [-0.25, -0.2) is 0 Å². The van der Waals surface area contributed by atoms with Gasteiger partial charge in [0.05, 0.1) is 17.6 Å². The molecule has 3 rings (SSSR count). The summed E-state index contributed by atoms with van der Waals surface area (Å²) in [6, 6.07) is 8.58. The van der Waals surface area contributed by atoms with E-state index in [4.69, 9.17) is 5.73 Å². The summed E-state index contributed by atoms with van der Waals surface area (Å²) in [7, 11) is 0. The Labute approximate surface area is 107 Å². The molecule has 0 saturated carbocycles. The van der Waals surface area contributed by atoms with Crippen LogP contribution in [0.4, 0.5) is 0 Å². The van der Waals surface area contributed by atoms with Crippen LogP contribution in [0.1, 0.15) is 40.9 Å². The molecule has 2 atom stereocenters. The molecule has 1 aromatic heterocycles. The van der Waals surface area contributed by atoms with Gasteiger partial charge in [-0.1, -0.05) is 24.3 Å². The zero-order chi connectivity index (χ0) is 12.5. The first-order valence-electron chi connectivity index (χ1n) is 6.36. The van der Waals surface area contributed by atoms with Gasteiger partial charge in [-0.05, 0) is 36.8 Å². The zero-order valence-electron chi connectivity index (χ0n) is 10.5. The molecule has 0 radical (unpaired) electrons. The number of benzene rings is 1. The first-order valence-corrected chi connectivity index (χ1v) is 6.36. The summed E-state index contributed by atoms with van der Waals surface area (Å²) >= 11 is 0. The highest BCUT2D eigenvalue weighted by molar-refractivity contribution is 5.40. The Morgan fingerprint density at radius 3 is 2.83 bits per heavy atom. The fraction of sp³-hybridized carbons (Fsp3) is 0.333. The minimum atomic E-state index is -0.0172. The molecule has 0 spiro atoms. The van der Waals surface area contributed by atoms with Gasteiger partial charge in [0.25, 0.3) is 0 Å². The van der Waals surface area contributed by atoms with E-state index in [1.54, 1.807) is 12.4 Å². The van der Waals surface area contributed by atoms with Crippen LogP contribution in [0.15, 0.2) is 36.7 Å². The number of rotatable bonds is 3. The van der Waals surface area contributed by atoms with E-state index in [0.717, 1.165) is 24.2 Å². The molecule has 2 aromatic rings. The van der Waals surface area contributed by atoms with Gasteiger partial charge in [-0.3, -0.25) is 9.97 Å². The van der Waals surface area contributed by atoms with Crippen molar-refractivity contribution in [1.29, 1.82) is 0 Å². The lowest BCUT2D eigenvalue weighted by Gasteiger charge is -2.31. The van der Waals surface area contributed by atoms with Crippen LogP contribution >= 0.6 is 0 Å². The van der Waals surface area contributed by atoms with Crippen LogP contribution in [0.25, 0.3) is 0 Å². The molecular weight excluding hydrogens is 222 g/mol. The van der Waals surface area contributed by atoms with E-state index in [-0.39, 0.29) is 6.04 Å². The third-order valence-electron chi connectivity index (χ3n) is 3.68. The normalized spacial score (nSPS) is 18.9. The lowest BCUT2D eigenvalue weighted by molar-refractivity contribution is 0.491. The van der Waals surface area contributed by atoms with Crippen molar-refractivity contribution in [3.05, 3.63) is 59.2 Å². The van der Waals surface area contributed by atoms with Crippen LogP contribution in [-0.2, 0) is 6.42 Å². The fourth-order valence-corrected chi connectivity index (χ4v) is 2.59. The summed E-state index contributed by atoms with van der Waals surface area (Å²) in [6.45, 7) is 1.93. The van der Waals surface area contributed by atoms with Crippen LogP contribution in [0.2, 0.25) is 0 Å². The topological polar surface area (TPSA) is 51.8 Å². The largest absolute Gasteiger partial charge is 0.323 e. The monoisotopic (exact) mass is 239 g/mol. The summed E-state index contributed by atoms with van der Waals surface area (Å²) in [4.78, 5) is 8.61. The maximum Gasteiger partial charge on any atom is 0.0754 e. The summed E-state index contributed by atoms with van der Waals surface area (Å²) in [5, 5.41) is 0. The van der Waals surface area contributed by atoms with E-state index >= 15 is 0 Å². The third-order valence-corrected chi connectivity index (χ3v) is 3.68. The molecule has 3 nitrogen and oxygen atoms in total. The SMILES string of the molecule is Cc1cnc(C(N)CC2Cc3ccccc32)cn1. The zero-order valence-corrected chi connectivity index (χ0v) is 10.5. The average molecular weight is 239 g/mol. The molecule has 0 amide bonds. The number of aryl methyl sites for hydroxylation is 1. The molecule has 2 unspecified atom stereocenters. The lowest BCUT2D eigenvalue weighted by atomic mass is 9.74. The molecule has 0 aliphatic heterocycles. The molecule has 1 aliphatic rings. The quantitative estimate of drug-likeness (QED) is 0.895. The molecular formula is C15H17N3. The fourth-order valence-electron chi connectivity index (χ4n) is 2.59. The highest BCUT2D eigenvalue weighted by Crippen LogP contribution is 2.39. The third kappa shape index (κ3) is 2.02. The van der Waals surface area contributed by atoms with Crippen molar-refractivity contribution in [3.8, 4) is 0 Å². The summed E-state index contributed by atoms with van der Waals surface area (Å²) < 4.78 is 0. The molecule has 3 heteroatoms. The van der Waals surface area contributed by atoms with Gasteiger partial charge in [0, 0.05) is 12.2 Å². The van der Waals surface area contributed by atoms with E-state index < -0.39 is 0 Å². The molecule has 0 bridgehead atoms. The highest BCUT2D eigenvalue weighted by Gasteiger charge is 2.27. The second kappa shape index (κ2) is 4.50. The van der Waals surface area contributed by atoms with Crippen molar-refractivity contribution in [2.75, 3.05) is 0 Å². The predicted octanol–water partition coefficient (Wildman–Crippen LogP) is 2.51. The Morgan fingerprint density at radius 2 is 2.11 bits per heavy atom. The number of nitrogens with two attached hydrogens (primary N) is 1. The molecule has 18 heavy (non-hydrogen) atoms. The van der Waals surface area contributed by atoms with Crippen molar-refractivity contribution in [2.45, 2.75) is 31.7 Å². The Bertz CT molecular complexity index is 548. The minimum Gasteiger partial charge on any atom is -0.323 e. The standard InChI is InChI=1S/C15H17N3/c1-10-8-18-15(9-17-10)14(16)7-12-6-11-4-2-3-5-13(11)12/h2-5,8-9,12,14H,6-7,16H2,1H3. The highest BCUT2D eigenvalue weighted by atomic mass is 14.8. The Kier molecular flexibility index (Phi) is 2.84. The Balaban J connectivity index is 1.70. The van der Waals surface area contributed by atoms with Crippen LogP contribution in [-0.4, -0.2) is 9.97 Å². The average Bonchev–Trinajstić information content (AvgIpc) is 2.36. The minimum absolute atomic E-state index is 0.0172. The number of fused-ring (bicyclic) bond motifs is 1. The summed E-state index contributed by atoms with van der Waals surface area (Å²) in [6.07, 6.45) is 5.67. The second-order valence-electron chi connectivity index (χ2n) is 5.02. The summed E-state index contributed by atoms with van der Waals surface area (Å²) in [5.74, 6) is 0.583. The van der Waals surface area contributed by atoms with Crippen LogP contribution in [0.3, 0.4) is 0 Å². The Morgan fingerprint density at radius 1 is 1.28 bits per heavy atom. The number of nitrogens with zero attached hydrogens (tertiary/aromatic N) is 2. The van der Waals surface area contributed by atoms with Crippen molar-refractivity contribution < 1.29 is 0 Å². The molecule has 1 aliphatic carbocycles. The van der Waals surface area contributed by atoms with Gasteiger partial charge in [0.1, 0.15) is 0 Å². The predicted molar refractivity (Wildman–Crippen MR) is 71.2 cm³/mol. The van der Waals surface area contributed by atoms with Gasteiger partial charge in [0.15, 0.2) is 0 Å². The second-order valence-corrected chi connectivity index (χ2v) is 5.02. The van der Waals surface area contributed by atoms with E-state index in [2.05, 4.69) is 34.2 Å². The number of hydrogen-bond acceptors (Lipinski definition) is 3. The molecule has 0 fully saturated rings. The molecule has 2 N–H and O–H groups in total. The van der Waals surface area contributed by atoms with Gasteiger partial charge >= 0.3 is 0 Å². The number of hydrogen-bond donors (Lipinski definition) is 1. The van der Waals surface area contributed by atoms with Crippen molar-refractivity contribution in [1.82, 2.24) is 9.97 Å². The van der Waals surface area contributed by atoms with Gasteiger partial charge in [-0.2, -0.15) is 0 Å². The van der Waals surface area contributed by atoms with Gasteiger partial charge < -0.3 is 5.73 Å². The van der Waals surface area contributed by atoms with Crippen molar-refractivity contribution in [3.63, 3.8) is 0 Å². The maximum atomic E-state index is 6.21. The van der Waals surface area contributed by atoms with Crippen molar-refractivity contribution in [2.24, 2.45) is 5.73 Å². The number of aromatic nitrogens is 2. The first kappa shape index (κ1) is 11.4. The van der Waals surface area contributed by atoms with Crippen LogP contribution in [0.5, 0.6) is 0 Å². The van der Waals surface area contributed by atoms with Crippen LogP contribution < -0.4 is 5.73 Å². The molecule has 1 aromatic carbocycles. The smallest absolute Gasteiger partial charge is 0.0754 e. The van der Waals surface area contributed by atoms with E-state index in [1.165, 1.54) is 11.1 Å². The van der Waals surface area contributed by atoms with Gasteiger partial charge in [-0.15, -0.1) is 0 Å². The van der Waals surface area contributed by atoms with Crippen LogP contribution in [0, 0.1) is 6.92 Å². The molecule has 1 heterocycles. The Hall–Kier alpha value is -1.74. The van der Waals surface area contributed by atoms with Crippen molar-refractivity contribution >= 4 is 0 Å². The van der Waals surface area contributed by atoms with E-state index in [1.807, 2.05) is 6.92 Å². The summed E-state index contributed by atoms with van der Waals surface area (Å²) in [5.41, 5.74) is 10.9. The maximum absolute atomic E-state index is 6.21. The molecule has 0 saturated heterocycles.